The van der Waals surface area contributed by atoms with E-state index < -0.39 is 6.04 Å². The molecule has 0 saturated carbocycles. The summed E-state index contributed by atoms with van der Waals surface area (Å²) in [7, 11) is 0. The normalized spacial score (nSPS) is 32.2. The lowest BCUT2D eigenvalue weighted by molar-refractivity contribution is -0.138. The van der Waals surface area contributed by atoms with Gasteiger partial charge >= 0.3 is 0 Å². The average Bonchev–Trinajstić information content (AvgIpc) is 3.46. The van der Waals surface area contributed by atoms with E-state index in [4.69, 9.17) is 4.74 Å². The van der Waals surface area contributed by atoms with Crippen LogP contribution in [0.3, 0.4) is 0 Å². The summed E-state index contributed by atoms with van der Waals surface area (Å²) in [4.78, 5) is 38.8. The van der Waals surface area contributed by atoms with E-state index in [9.17, 15) is 9.59 Å². The molecule has 1 amide bonds. The van der Waals surface area contributed by atoms with Gasteiger partial charge < -0.3 is 14.6 Å². The van der Waals surface area contributed by atoms with Gasteiger partial charge in [0.2, 0.25) is 5.91 Å². The number of amides is 1. The number of aryl methyl sites for hydroxylation is 1. The maximum absolute atomic E-state index is 13.8. The number of nitrogens with zero attached hydrogens (tertiary/aromatic N) is 4. The number of likely N-dealkylation sites (tertiary alicyclic amines) is 2. The van der Waals surface area contributed by atoms with E-state index in [2.05, 4.69) is 14.9 Å². The summed E-state index contributed by atoms with van der Waals surface area (Å²) < 4.78 is 7.41. The first-order chi connectivity index (χ1) is 15.1. The van der Waals surface area contributed by atoms with Gasteiger partial charge in [0.1, 0.15) is 6.04 Å². The number of pyridine rings is 1. The molecule has 0 unspecified atom stereocenters. The third-order valence-corrected chi connectivity index (χ3v) is 7.84. The van der Waals surface area contributed by atoms with Gasteiger partial charge in [-0.2, -0.15) is 0 Å². The molecule has 8 nitrogen and oxygen atoms in total. The zero-order valence-corrected chi connectivity index (χ0v) is 17.9. The average molecular weight is 424 g/mol. The third-order valence-electron chi connectivity index (χ3n) is 7.84. The van der Waals surface area contributed by atoms with Crippen LogP contribution in [0.25, 0.3) is 0 Å². The summed E-state index contributed by atoms with van der Waals surface area (Å²) >= 11 is 0. The van der Waals surface area contributed by atoms with Crippen LogP contribution in [0.4, 0.5) is 0 Å². The Kier molecular flexibility index (Phi) is 4.54. The van der Waals surface area contributed by atoms with Crippen LogP contribution in [-0.2, 0) is 16.1 Å². The number of hydrogen-bond acceptors (Lipinski definition) is 5. The molecule has 6 heterocycles. The zero-order valence-electron chi connectivity index (χ0n) is 17.9. The van der Waals surface area contributed by atoms with Crippen molar-refractivity contribution in [2.24, 2.45) is 17.8 Å². The highest BCUT2D eigenvalue weighted by Crippen LogP contribution is 2.43. The maximum atomic E-state index is 13.8. The van der Waals surface area contributed by atoms with E-state index >= 15 is 0 Å². The molecule has 1 N–H and O–H groups in total. The first kappa shape index (κ1) is 19.3. The standard InChI is InChI=1S/C23H29N5O3/c1-14-19(25-13-24-14)10-26-6-15-5-16(7-26)22(28-20(15)3-2-4-21(28)29)23(30)27-8-17-11-31-12-18(17)9-27/h2-4,13,15-18,22H,5-12H2,1H3,(H,24,25)/t15-,16+,17-,18+,22+/m0/s1. The Morgan fingerprint density at radius 3 is 2.71 bits per heavy atom. The Balaban J connectivity index is 1.32. The minimum Gasteiger partial charge on any atom is -0.381 e. The molecule has 6 rings (SSSR count). The number of rotatable bonds is 3. The van der Waals surface area contributed by atoms with Crippen LogP contribution in [0.15, 0.2) is 29.3 Å². The number of piperidine rings is 1. The molecule has 3 saturated heterocycles. The zero-order chi connectivity index (χ0) is 21.1. The smallest absolute Gasteiger partial charge is 0.251 e. The fourth-order valence-electron chi connectivity index (χ4n) is 6.29. The van der Waals surface area contributed by atoms with Gasteiger partial charge in [-0.3, -0.25) is 19.1 Å². The van der Waals surface area contributed by atoms with Gasteiger partial charge in [-0.05, 0) is 19.4 Å². The van der Waals surface area contributed by atoms with Crippen LogP contribution in [0, 0.1) is 24.7 Å². The number of imidazole rings is 1. The molecule has 4 aliphatic heterocycles. The monoisotopic (exact) mass is 423 g/mol. The number of aromatic nitrogens is 3. The number of carbonyl (C=O) groups is 1. The van der Waals surface area contributed by atoms with Gasteiger partial charge in [-0.1, -0.05) is 6.07 Å². The van der Waals surface area contributed by atoms with Crippen molar-refractivity contribution >= 4 is 5.91 Å². The van der Waals surface area contributed by atoms with Crippen molar-refractivity contribution in [3.63, 3.8) is 0 Å². The van der Waals surface area contributed by atoms with E-state index in [0.29, 0.717) is 11.8 Å². The van der Waals surface area contributed by atoms with Gasteiger partial charge in [0.25, 0.3) is 5.56 Å². The van der Waals surface area contributed by atoms with Crippen molar-refractivity contribution in [1.29, 1.82) is 0 Å². The SMILES string of the molecule is Cc1[nH]cnc1CN1C[C@@H]2C[C@H](C1)[C@H](C(=O)N1C[C@H]3COC[C@H]3C1)n1c2cccc1=O. The van der Waals surface area contributed by atoms with Crippen molar-refractivity contribution in [3.8, 4) is 0 Å². The molecule has 5 atom stereocenters. The second kappa shape index (κ2) is 7.31. The van der Waals surface area contributed by atoms with Gasteiger partial charge in [0, 0.05) is 73.8 Å². The molecule has 2 aromatic heterocycles. The summed E-state index contributed by atoms with van der Waals surface area (Å²) in [6.45, 7) is 7.51. The Morgan fingerprint density at radius 2 is 1.97 bits per heavy atom. The van der Waals surface area contributed by atoms with Crippen molar-refractivity contribution < 1.29 is 9.53 Å². The van der Waals surface area contributed by atoms with Gasteiger partial charge in [-0.25, -0.2) is 4.98 Å². The van der Waals surface area contributed by atoms with Crippen LogP contribution in [0.1, 0.15) is 35.5 Å². The topological polar surface area (TPSA) is 83.5 Å². The molecule has 3 fully saturated rings. The number of carbonyl (C=O) groups excluding carboxylic acids is 1. The number of fused-ring (bicyclic) bond motifs is 5. The van der Waals surface area contributed by atoms with Crippen molar-refractivity contribution in [2.45, 2.75) is 31.8 Å². The second-order valence-electron chi connectivity index (χ2n) is 9.77. The highest BCUT2D eigenvalue weighted by molar-refractivity contribution is 5.81. The lowest BCUT2D eigenvalue weighted by Crippen LogP contribution is -2.53. The predicted molar refractivity (Wildman–Crippen MR) is 114 cm³/mol. The van der Waals surface area contributed by atoms with Gasteiger partial charge in [0.15, 0.2) is 0 Å². The molecule has 0 aliphatic carbocycles. The highest BCUT2D eigenvalue weighted by Gasteiger charge is 2.47. The van der Waals surface area contributed by atoms with Crippen LogP contribution in [0.2, 0.25) is 0 Å². The van der Waals surface area contributed by atoms with E-state index in [0.717, 1.165) is 69.4 Å². The van der Waals surface area contributed by atoms with Crippen molar-refractivity contribution in [1.82, 2.24) is 24.3 Å². The third kappa shape index (κ3) is 3.15. The first-order valence-corrected chi connectivity index (χ1v) is 11.4. The van der Waals surface area contributed by atoms with E-state index in [1.165, 1.54) is 0 Å². The van der Waals surface area contributed by atoms with Crippen molar-refractivity contribution in [2.75, 3.05) is 39.4 Å². The van der Waals surface area contributed by atoms with Crippen LogP contribution >= 0.6 is 0 Å². The Bertz CT molecular complexity index is 1050. The van der Waals surface area contributed by atoms with Crippen molar-refractivity contribution in [3.05, 3.63) is 52.0 Å². The number of hydrogen-bond donors (Lipinski definition) is 1. The lowest BCUT2D eigenvalue weighted by atomic mass is 9.78. The molecule has 31 heavy (non-hydrogen) atoms. The molecule has 8 heteroatoms. The van der Waals surface area contributed by atoms with E-state index in [1.807, 2.05) is 28.5 Å². The summed E-state index contributed by atoms with van der Waals surface area (Å²) in [5.41, 5.74) is 3.10. The molecule has 0 aromatic carbocycles. The Morgan fingerprint density at radius 1 is 1.16 bits per heavy atom. The van der Waals surface area contributed by atoms with E-state index in [-0.39, 0.29) is 23.3 Å². The largest absolute Gasteiger partial charge is 0.381 e. The Labute approximate surface area is 181 Å². The second-order valence-corrected chi connectivity index (χ2v) is 9.77. The molecule has 0 spiro atoms. The van der Waals surface area contributed by atoms with Crippen LogP contribution < -0.4 is 5.56 Å². The maximum Gasteiger partial charge on any atom is 0.251 e. The lowest BCUT2D eigenvalue weighted by Gasteiger charge is -2.47. The Hall–Kier alpha value is -2.45. The highest BCUT2D eigenvalue weighted by atomic mass is 16.5. The quantitative estimate of drug-likeness (QED) is 0.801. The molecule has 2 aromatic rings. The molecule has 0 radical (unpaired) electrons. The first-order valence-electron chi connectivity index (χ1n) is 11.4. The molecular formula is C23H29N5O3. The summed E-state index contributed by atoms with van der Waals surface area (Å²) in [6, 6.07) is 5.06. The van der Waals surface area contributed by atoms with Crippen LogP contribution in [-0.4, -0.2) is 69.6 Å². The minimum atomic E-state index is -0.414. The minimum absolute atomic E-state index is 0.0510. The van der Waals surface area contributed by atoms with Crippen LogP contribution in [0.5, 0.6) is 0 Å². The summed E-state index contributed by atoms with van der Waals surface area (Å²) in [5, 5.41) is 0. The fourth-order valence-corrected chi connectivity index (χ4v) is 6.29. The summed E-state index contributed by atoms with van der Waals surface area (Å²) in [6.07, 6.45) is 2.70. The fraction of sp³-hybridized carbons (Fsp3) is 0.609. The van der Waals surface area contributed by atoms with Gasteiger partial charge in [-0.15, -0.1) is 0 Å². The molecule has 2 bridgehead atoms. The number of aromatic amines is 1. The van der Waals surface area contributed by atoms with E-state index in [1.54, 1.807) is 12.4 Å². The number of H-pyrrole nitrogens is 1. The molecular weight excluding hydrogens is 394 g/mol. The predicted octanol–water partition coefficient (Wildman–Crippen LogP) is 1.15. The number of nitrogens with one attached hydrogen (secondary N) is 1. The number of ether oxygens (including phenoxy) is 1. The molecule has 164 valence electrons. The summed E-state index contributed by atoms with van der Waals surface area (Å²) in [5.74, 6) is 1.40. The molecule has 4 aliphatic rings. The van der Waals surface area contributed by atoms with Gasteiger partial charge in [0.05, 0.1) is 25.2 Å².